The molecule has 2 aliphatic rings. The number of nitrogen functional groups attached to an aromatic ring is 1. The number of phosphoric ester groups is 1. The van der Waals surface area contributed by atoms with Crippen molar-refractivity contribution < 1.29 is 38.3 Å². The molecule has 0 saturated carbocycles. The Labute approximate surface area is 169 Å². The minimum absolute atomic E-state index is 0.128. The molecule has 30 heavy (non-hydrogen) atoms. The minimum Gasteiger partial charge on any atom is -0.455 e. The van der Waals surface area contributed by atoms with Crippen LogP contribution in [0.2, 0.25) is 0 Å². The van der Waals surface area contributed by atoms with Gasteiger partial charge in [0.25, 0.3) is 0 Å². The van der Waals surface area contributed by atoms with Gasteiger partial charge in [0.2, 0.25) is 0 Å². The zero-order valence-electron chi connectivity index (χ0n) is 15.6. The summed E-state index contributed by atoms with van der Waals surface area (Å²) in [5.41, 5.74) is 6.33. The zero-order chi connectivity index (χ0) is 21.5. The van der Waals surface area contributed by atoms with Crippen molar-refractivity contribution in [3.05, 3.63) is 12.7 Å². The third kappa shape index (κ3) is 4.16. The maximum atomic E-state index is 12.4. The van der Waals surface area contributed by atoms with Crippen LogP contribution in [0.3, 0.4) is 0 Å². The lowest BCUT2D eigenvalue weighted by molar-refractivity contribution is -0.158. The molecule has 5 atom stereocenters. The normalized spacial score (nSPS) is 29.5. The van der Waals surface area contributed by atoms with Crippen LogP contribution in [0.25, 0.3) is 11.2 Å². The third-order valence-corrected chi connectivity index (χ3v) is 5.46. The van der Waals surface area contributed by atoms with Crippen molar-refractivity contribution in [3.8, 4) is 0 Å². The number of rotatable bonds is 6. The number of aliphatic hydroxyl groups excluding tert-OH is 1. The maximum absolute atomic E-state index is 12.4. The Balaban J connectivity index is 1.59. The van der Waals surface area contributed by atoms with Gasteiger partial charge in [-0.3, -0.25) is 13.9 Å². The Morgan fingerprint density at radius 2 is 2.20 bits per heavy atom. The van der Waals surface area contributed by atoms with Crippen molar-refractivity contribution in [3.63, 3.8) is 0 Å². The number of carbonyl (C=O) groups excluding carboxylic acids is 1. The molecule has 2 aliphatic heterocycles. The molecule has 0 radical (unpaired) electrons. The molecule has 0 amide bonds. The number of aromatic nitrogens is 4. The van der Waals surface area contributed by atoms with Gasteiger partial charge in [-0.1, -0.05) is 0 Å². The number of nitrogens with zero attached hydrogens (tertiary/aromatic N) is 4. The van der Waals surface area contributed by atoms with Crippen LogP contribution in [-0.4, -0.2) is 77.9 Å². The summed E-state index contributed by atoms with van der Waals surface area (Å²) in [6.07, 6.45) is -0.982. The predicted octanol–water partition coefficient (Wildman–Crippen LogP) is -1.56. The highest BCUT2D eigenvalue weighted by atomic mass is 31.2. The fourth-order valence-electron chi connectivity index (χ4n) is 3.56. The number of carbonyl (C=O) groups is 1. The van der Waals surface area contributed by atoms with Crippen molar-refractivity contribution in [2.24, 2.45) is 0 Å². The molecular formula is C15H21N6O8P. The fraction of sp³-hybridized carbons (Fsp3) is 0.600. The summed E-state index contributed by atoms with van der Waals surface area (Å²) < 4.78 is 28.2. The molecular weight excluding hydrogens is 423 g/mol. The molecule has 2 fully saturated rings. The lowest BCUT2D eigenvalue weighted by Crippen LogP contribution is -2.42. The zero-order valence-corrected chi connectivity index (χ0v) is 16.5. The Hall–Kier alpha value is -2.19. The maximum Gasteiger partial charge on any atom is 0.469 e. The molecule has 15 heteroatoms. The summed E-state index contributed by atoms with van der Waals surface area (Å²) in [5, 5.41) is 13.8. The summed E-state index contributed by atoms with van der Waals surface area (Å²) in [6, 6.07) is -0.527. The van der Waals surface area contributed by atoms with E-state index >= 15 is 0 Å². The number of hydrogen-bond donors (Lipinski definition) is 5. The van der Waals surface area contributed by atoms with Gasteiger partial charge in [0, 0.05) is 0 Å². The molecule has 0 bridgehead atoms. The van der Waals surface area contributed by atoms with Crippen LogP contribution in [0.1, 0.15) is 19.1 Å². The number of hydrogen-bond acceptors (Lipinski definition) is 11. The largest absolute Gasteiger partial charge is 0.469 e. The molecule has 2 saturated heterocycles. The standard InChI is InChI=1S/C15H21N6O8P/c16-12-9-13(19-5-18-12)21(6-20-9)14-10(22)11(8(28-14)4-27-30(24,25)26)29-15(23)7-2-1-3-17-7/h5-8,10-11,14,17,22H,1-4H2,(H2,16,18,19)(H2,24,25,26)/t7-,8+,10+,11+,14+/m0/s1. The summed E-state index contributed by atoms with van der Waals surface area (Å²) in [5.74, 6) is -0.466. The first-order chi connectivity index (χ1) is 14.2. The predicted molar refractivity (Wildman–Crippen MR) is 98.6 cm³/mol. The molecule has 2 aromatic rings. The van der Waals surface area contributed by atoms with Gasteiger partial charge in [-0.05, 0) is 19.4 Å². The second kappa shape index (κ2) is 8.15. The fourth-order valence-corrected chi connectivity index (χ4v) is 3.90. The Bertz CT molecular complexity index is 975. The van der Waals surface area contributed by atoms with E-state index in [1.165, 1.54) is 17.2 Å². The first kappa shape index (κ1) is 21.1. The van der Waals surface area contributed by atoms with E-state index in [4.69, 9.17) is 25.0 Å². The molecule has 0 spiro atoms. The quantitative estimate of drug-likeness (QED) is 0.253. The van der Waals surface area contributed by atoms with Crippen LogP contribution < -0.4 is 11.1 Å². The molecule has 14 nitrogen and oxygen atoms in total. The van der Waals surface area contributed by atoms with E-state index in [9.17, 15) is 14.5 Å². The van der Waals surface area contributed by atoms with Gasteiger partial charge in [-0.25, -0.2) is 19.5 Å². The van der Waals surface area contributed by atoms with Gasteiger partial charge in [0.05, 0.1) is 12.9 Å². The van der Waals surface area contributed by atoms with E-state index in [0.717, 1.165) is 6.42 Å². The van der Waals surface area contributed by atoms with Crippen LogP contribution in [0, 0.1) is 0 Å². The average molecular weight is 444 g/mol. The molecule has 0 aromatic carbocycles. The van der Waals surface area contributed by atoms with Crippen LogP contribution in [0.4, 0.5) is 5.82 Å². The Morgan fingerprint density at radius 3 is 2.90 bits per heavy atom. The second-order valence-corrected chi connectivity index (χ2v) is 8.21. The van der Waals surface area contributed by atoms with Crippen LogP contribution in [0.15, 0.2) is 12.7 Å². The van der Waals surface area contributed by atoms with E-state index in [1.54, 1.807) is 0 Å². The van der Waals surface area contributed by atoms with Crippen molar-refractivity contribution in [1.82, 2.24) is 24.8 Å². The number of anilines is 1. The van der Waals surface area contributed by atoms with Gasteiger partial charge in [-0.15, -0.1) is 0 Å². The average Bonchev–Trinajstić information content (AvgIpc) is 3.41. The van der Waals surface area contributed by atoms with Crippen LogP contribution in [-0.2, 0) is 23.4 Å². The van der Waals surface area contributed by atoms with Crippen LogP contribution >= 0.6 is 7.82 Å². The lowest BCUT2D eigenvalue weighted by atomic mass is 10.1. The monoisotopic (exact) mass is 444 g/mol. The van der Waals surface area contributed by atoms with Crippen molar-refractivity contribution in [2.75, 3.05) is 18.9 Å². The Morgan fingerprint density at radius 1 is 1.40 bits per heavy atom. The van der Waals surface area contributed by atoms with Crippen molar-refractivity contribution in [1.29, 1.82) is 0 Å². The summed E-state index contributed by atoms with van der Waals surface area (Å²) >= 11 is 0. The van der Waals surface area contributed by atoms with Gasteiger partial charge in [-0.2, -0.15) is 0 Å². The van der Waals surface area contributed by atoms with E-state index in [1.807, 2.05) is 0 Å². The smallest absolute Gasteiger partial charge is 0.455 e. The molecule has 4 rings (SSSR count). The molecule has 164 valence electrons. The highest BCUT2D eigenvalue weighted by Gasteiger charge is 2.49. The second-order valence-electron chi connectivity index (χ2n) is 6.98. The topological polar surface area (TPSA) is 204 Å². The SMILES string of the molecule is Nc1ncnc2c1ncn2[C@@H]1O[C@H](COP(=O)(O)O)[C@@H](OC(=O)[C@@H]2CCCN2)[C@H]1O. The summed E-state index contributed by atoms with van der Waals surface area (Å²) in [6.45, 7) is 0.0522. The first-order valence-corrected chi connectivity index (χ1v) is 10.7. The highest BCUT2D eigenvalue weighted by Crippen LogP contribution is 2.39. The molecule has 4 heterocycles. The summed E-state index contributed by atoms with van der Waals surface area (Å²) in [7, 11) is -4.82. The van der Waals surface area contributed by atoms with Gasteiger partial charge >= 0.3 is 13.8 Å². The van der Waals surface area contributed by atoms with Gasteiger partial charge in [0.1, 0.15) is 30.1 Å². The number of fused-ring (bicyclic) bond motifs is 1. The molecule has 6 N–H and O–H groups in total. The number of esters is 1. The third-order valence-electron chi connectivity index (χ3n) is 4.97. The number of aliphatic hydroxyl groups is 1. The minimum atomic E-state index is -4.82. The number of ether oxygens (including phenoxy) is 2. The van der Waals surface area contributed by atoms with E-state index in [2.05, 4.69) is 24.8 Å². The lowest BCUT2D eigenvalue weighted by Gasteiger charge is -2.22. The molecule has 2 aromatic heterocycles. The first-order valence-electron chi connectivity index (χ1n) is 9.15. The number of phosphoric acid groups is 1. The molecule has 0 unspecified atom stereocenters. The van der Waals surface area contributed by atoms with Crippen LogP contribution in [0.5, 0.6) is 0 Å². The van der Waals surface area contributed by atoms with E-state index in [0.29, 0.717) is 13.0 Å². The Kier molecular flexibility index (Phi) is 5.72. The number of nitrogens with one attached hydrogen (secondary N) is 1. The van der Waals surface area contributed by atoms with Crippen molar-refractivity contribution >= 4 is 30.8 Å². The highest BCUT2D eigenvalue weighted by molar-refractivity contribution is 7.46. The summed E-state index contributed by atoms with van der Waals surface area (Å²) in [4.78, 5) is 42.5. The number of imidazole rings is 1. The van der Waals surface area contributed by atoms with Crippen molar-refractivity contribution in [2.45, 2.75) is 43.4 Å². The van der Waals surface area contributed by atoms with Gasteiger partial charge < -0.3 is 35.4 Å². The number of nitrogens with two attached hydrogens (primary N) is 1. The van der Waals surface area contributed by atoms with Gasteiger partial charge in [0.15, 0.2) is 23.8 Å². The molecule has 0 aliphatic carbocycles. The van der Waals surface area contributed by atoms with E-state index in [-0.39, 0.29) is 17.0 Å². The van der Waals surface area contributed by atoms with E-state index < -0.39 is 51.0 Å².